The second kappa shape index (κ2) is 5.49. The molecule has 1 N–H and O–H groups in total. The van der Waals surface area contributed by atoms with Gasteiger partial charge in [0.15, 0.2) is 0 Å². The molecular weight excluding hydrogens is 293 g/mol. The molecule has 1 aromatic rings. The van der Waals surface area contributed by atoms with Gasteiger partial charge in [-0.25, -0.2) is 0 Å². The van der Waals surface area contributed by atoms with E-state index in [9.17, 15) is 0 Å². The van der Waals surface area contributed by atoms with Gasteiger partial charge in [0.05, 0.1) is 22.8 Å². The van der Waals surface area contributed by atoms with Crippen molar-refractivity contribution >= 4 is 23.2 Å². The third-order valence-corrected chi connectivity index (χ3v) is 5.81. The summed E-state index contributed by atoms with van der Waals surface area (Å²) in [5.41, 5.74) is 1.43. The Morgan fingerprint density at radius 3 is 2.60 bits per heavy atom. The van der Waals surface area contributed by atoms with Gasteiger partial charge in [-0.05, 0) is 56.0 Å². The van der Waals surface area contributed by atoms with E-state index >= 15 is 0 Å². The minimum absolute atomic E-state index is 0.142. The summed E-state index contributed by atoms with van der Waals surface area (Å²) in [6, 6.07) is 6.06. The summed E-state index contributed by atoms with van der Waals surface area (Å²) in [6.07, 6.45) is 1.36. The summed E-state index contributed by atoms with van der Waals surface area (Å²) in [6.45, 7) is 7.24. The molecule has 2 unspecified atom stereocenters. The van der Waals surface area contributed by atoms with Crippen LogP contribution in [-0.2, 0) is 10.2 Å². The van der Waals surface area contributed by atoms with E-state index in [-0.39, 0.29) is 5.41 Å². The molecular formula is C16H21Cl2NO. The number of halogens is 2. The van der Waals surface area contributed by atoms with Crippen LogP contribution in [0, 0.1) is 11.8 Å². The van der Waals surface area contributed by atoms with Gasteiger partial charge in [0.25, 0.3) is 0 Å². The van der Waals surface area contributed by atoms with Gasteiger partial charge >= 0.3 is 0 Å². The SMILES string of the molecule is CCC(C)OCC1(c2ccc(Cl)c(Cl)c2)[C@@H]2CNC[C@@H]21. The first-order chi connectivity index (χ1) is 9.59. The van der Waals surface area contributed by atoms with Crippen molar-refractivity contribution in [3.05, 3.63) is 33.8 Å². The molecule has 0 bridgehead atoms. The van der Waals surface area contributed by atoms with Crippen LogP contribution >= 0.6 is 23.2 Å². The standard InChI is InChI=1S/C16H21Cl2NO/c1-3-10(2)20-9-16(12-7-19-8-13(12)16)11-4-5-14(17)15(18)6-11/h4-6,10,12-13,19H,3,7-9H2,1-2H3/t10?,12-,13+,16?. The molecule has 1 aliphatic carbocycles. The first-order valence-electron chi connectivity index (χ1n) is 7.37. The molecule has 2 nitrogen and oxygen atoms in total. The number of hydrogen-bond acceptors (Lipinski definition) is 2. The van der Waals surface area contributed by atoms with E-state index in [0.29, 0.717) is 28.0 Å². The lowest BCUT2D eigenvalue weighted by atomic mass is 9.91. The second-order valence-corrected chi connectivity index (χ2v) is 6.88. The third-order valence-electron chi connectivity index (χ3n) is 5.07. The molecule has 1 aliphatic heterocycles. The molecule has 1 saturated heterocycles. The predicted octanol–water partition coefficient (Wildman–Crippen LogP) is 3.90. The molecule has 3 rings (SSSR count). The number of rotatable bonds is 5. The fourth-order valence-electron chi connectivity index (χ4n) is 3.56. The summed E-state index contributed by atoms with van der Waals surface area (Å²) >= 11 is 12.3. The van der Waals surface area contributed by atoms with Crippen LogP contribution in [0.1, 0.15) is 25.8 Å². The maximum Gasteiger partial charge on any atom is 0.0595 e. The highest BCUT2D eigenvalue weighted by molar-refractivity contribution is 6.42. The summed E-state index contributed by atoms with van der Waals surface area (Å²) in [5.74, 6) is 1.34. The van der Waals surface area contributed by atoms with Crippen LogP contribution in [0.3, 0.4) is 0 Å². The quantitative estimate of drug-likeness (QED) is 0.890. The molecule has 0 spiro atoms. The molecule has 1 aromatic carbocycles. The Morgan fingerprint density at radius 1 is 1.30 bits per heavy atom. The Labute approximate surface area is 130 Å². The first kappa shape index (κ1) is 14.6. The van der Waals surface area contributed by atoms with E-state index in [1.54, 1.807) is 0 Å². The van der Waals surface area contributed by atoms with Crippen molar-refractivity contribution in [3.8, 4) is 0 Å². The highest BCUT2D eigenvalue weighted by Crippen LogP contribution is 2.62. The largest absolute Gasteiger partial charge is 0.378 e. The summed E-state index contributed by atoms with van der Waals surface area (Å²) in [5, 5.41) is 4.73. The third kappa shape index (κ3) is 2.27. The van der Waals surface area contributed by atoms with E-state index < -0.39 is 0 Å². The Hall–Kier alpha value is -0.280. The zero-order valence-electron chi connectivity index (χ0n) is 12.0. The van der Waals surface area contributed by atoms with Crippen LogP contribution in [-0.4, -0.2) is 25.8 Å². The van der Waals surface area contributed by atoms with Crippen LogP contribution in [0.4, 0.5) is 0 Å². The fourth-order valence-corrected chi connectivity index (χ4v) is 3.85. The molecule has 2 aliphatic rings. The topological polar surface area (TPSA) is 21.3 Å². The average Bonchev–Trinajstić information content (AvgIpc) is 2.82. The van der Waals surface area contributed by atoms with Crippen molar-refractivity contribution in [1.82, 2.24) is 5.32 Å². The van der Waals surface area contributed by atoms with Gasteiger partial charge in [-0.1, -0.05) is 36.2 Å². The smallest absolute Gasteiger partial charge is 0.0595 e. The van der Waals surface area contributed by atoms with Gasteiger partial charge in [-0.3, -0.25) is 0 Å². The number of ether oxygens (including phenoxy) is 1. The molecule has 4 heteroatoms. The zero-order chi connectivity index (χ0) is 14.3. The van der Waals surface area contributed by atoms with Gasteiger partial charge in [0, 0.05) is 5.41 Å². The molecule has 2 fully saturated rings. The lowest BCUT2D eigenvalue weighted by Crippen LogP contribution is -2.31. The number of hydrogen-bond donors (Lipinski definition) is 1. The fraction of sp³-hybridized carbons (Fsp3) is 0.625. The molecule has 0 amide bonds. The number of benzene rings is 1. The molecule has 1 heterocycles. The van der Waals surface area contributed by atoms with E-state index in [2.05, 4.69) is 25.2 Å². The van der Waals surface area contributed by atoms with Gasteiger partial charge in [-0.15, -0.1) is 0 Å². The zero-order valence-corrected chi connectivity index (χ0v) is 13.5. The number of fused-ring (bicyclic) bond motifs is 1. The summed E-state index contributed by atoms with van der Waals surface area (Å²) in [4.78, 5) is 0. The van der Waals surface area contributed by atoms with E-state index in [1.807, 2.05) is 12.1 Å². The van der Waals surface area contributed by atoms with Crippen LogP contribution < -0.4 is 5.32 Å². The Balaban J connectivity index is 1.85. The van der Waals surface area contributed by atoms with Crippen LogP contribution in [0.5, 0.6) is 0 Å². The monoisotopic (exact) mass is 313 g/mol. The minimum atomic E-state index is 0.142. The Kier molecular flexibility index (Phi) is 4.02. The lowest BCUT2D eigenvalue weighted by Gasteiger charge is -2.24. The van der Waals surface area contributed by atoms with Crippen molar-refractivity contribution in [2.75, 3.05) is 19.7 Å². The van der Waals surface area contributed by atoms with Crippen LogP contribution in [0.2, 0.25) is 10.0 Å². The van der Waals surface area contributed by atoms with Gasteiger partial charge in [0.2, 0.25) is 0 Å². The first-order valence-corrected chi connectivity index (χ1v) is 8.13. The minimum Gasteiger partial charge on any atom is -0.378 e. The lowest BCUT2D eigenvalue weighted by molar-refractivity contribution is 0.0411. The van der Waals surface area contributed by atoms with Crippen molar-refractivity contribution in [2.24, 2.45) is 11.8 Å². The predicted molar refractivity (Wildman–Crippen MR) is 83.7 cm³/mol. The van der Waals surface area contributed by atoms with Crippen LogP contribution in [0.15, 0.2) is 18.2 Å². The summed E-state index contributed by atoms with van der Waals surface area (Å²) < 4.78 is 6.08. The highest BCUT2D eigenvalue weighted by Gasteiger charge is 2.67. The molecule has 1 saturated carbocycles. The van der Waals surface area contributed by atoms with Crippen molar-refractivity contribution < 1.29 is 4.74 Å². The maximum atomic E-state index is 6.21. The highest BCUT2D eigenvalue weighted by atomic mass is 35.5. The average molecular weight is 314 g/mol. The number of piperidine rings is 1. The maximum absolute atomic E-state index is 6.21. The van der Waals surface area contributed by atoms with Gasteiger partial charge in [0.1, 0.15) is 0 Å². The molecule has 4 atom stereocenters. The molecule has 20 heavy (non-hydrogen) atoms. The Bertz CT molecular complexity index is 495. The van der Waals surface area contributed by atoms with E-state index in [0.717, 1.165) is 26.1 Å². The molecule has 110 valence electrons. The van der Waals surface area contributed by atoms with E-state index in [4.69, 9.17) is 27.9 Å². The van der Waals surface area contributed by atoms with E-state index in [1.165, 1.54) is 5.56 Å². The van der Waals surface area contributed by atoms with Crippen molar-refractivity contribution in [1.29, 1.82) is 0 Å². The number of nitrogens with one attached hydrogen (secondary N) is 1. The molecule has 0 radical (unpaired) electrons. The normalized spacial score (nSPS) is 33.0. The van der Waals surface area contributed by atoms with Crippen molar-refractivity contribution in [3.63, 3.8) is 0 Å². The van der Waals surface area contributed by atoms with Gasteiger partial charge < -0.3 is 10.1 Å². The van der Waals surface area contributed by atoms with Gasteiger partial charge in [-0.2, -0.15) is 0 Å². The summed E-state index contributed by atoms with van der Waals surface area (Å²) in [7, 11) is 0. The second-order valence-electron chi connectivity index (χ2n) is 6.07. The Morgan fingerprint density at radius 2 is 2.00 bits per heavy atom. The molecule has 0 aromatic heterocycles. The van der Waals surface area contributed by atoms with Crippen molar-refractivity contribution in [2.45, 2.75) is 31.8 Å². The van der Waals surface area contributed by atoms with Crippen LogP contribution in [0.25, 0.3) is 0 Å².